The third kappa shape index (κ3) is 7.69. The average Bonchev–Trinajstić information content (AvgIpc) is 3.08. The monoisotopic (exact) mass is 557 g/mol. The normalized spacial score (nSPS) is 17.0. The number of thiazole rings is 1. The molecule has 1 aromatic carbocycles. The highest BCUT2D eigenvalue weighted by Gasteiger charge is 2.34. The van der Waals surface area contributed by atoms with E-state index in [0.29, 0.717) is 6.54 Å². The zero-order valence-electron chi connectivity index (χ0n) is 19.0. The lowest BCUT2D eigenvalue weighted by Crippen LogP contribution is -2.58. The van der Waals surface area contributed by atoms with Crippen LogP contribution < -0.4 is 16.0 Å². The van der Waals surface area contributed by atoms with Gasteiger partial charge in [-0.1, -0.05) is 30.3 Å². The highest BCUT2D eigenvalue weighted by molar-refractivity contribution is 14.0. The second-order valence-corrected chi connectivity index (χ2v) is 9.25. The number of hydrogen-bond acceptors (Lipinski definition) is 5. The lowest BCUT2D eigenvalue weighted by molar-refractivity contribution is 0.0355. The van der Waals surface area contributed by atoms with Crippen molar-refractivity contribution in [1.82, 2.24) is 20.9 Å². The Morgan fingerprint density at radius 2 is 1.90 bits per heavy atom. The molecule has 0 saturated carbocycles. The summed E-state index contributed by atoms with van der Waals surface area (Å²) in [6.07, 6.45) is 1.95. The number of rotatable bonds is 8. The molecule has 0 bridgehead atoms. The van der Waals surface area contributed by atoms with Crippen LogP contribution in [0.4, 0.5) is 0 Å². The standard InChI is InChI=1S/C23H35N5OS.HI/c1-5-24-22(25-15-21-18(3)27-19(4)30-21)26-16-23(11-13-29-14-12-23)28-17(2)20-9-7-6-8-10-20;/h6-10,17,28H,5,11-16H2,1-4H3,(H2,24,25,26);1H. The lowest BCUT2D eigenvalue weighted by Gasteiger charge is -2.41. The molecule has 2 heterocycles. The van der Waals surface area contributed by atoms with Crippen molar-refractivity contribution in [3.05, 3.63) is 51.5 Å². The quantitative estimate of drug-likeness (QED) is 0.256. The highest BCUT2D eigenvalue weighted by Crippen LogP contribution is 2.25. The van der Waals surface area contributed by atoms with Crippen molar-refractivity contribution >= 4 is 41.3 Å². The minimum atomic E-state index is -0.0271. The number of hydrogen-bond donors (Lipinski definition) is 3. The topological polar surface area (TPSA) is 70.6 Å². The molecule has 0 radical (unpaired) electrons. The number of aliphatic imine (C=N–C) groups is 1. The number of nitrogens with one attached hydrogen (secondary N) is 3. The molecular formula is C23H36IN5OS. The SMILES string of the molecule is CCNC(=NCc1sc(C)nc1C)NCC1(NC(C)c2ccccc2)CCOCC1.I. The molecule has 1 fully saturated rings. The first-order valence-corrected chi connectivity index (χ1v) is 11.7. The third-order valence-electron chi connectivity index (χ3n) is 5.59. The van der Waals surface area contributed by atoms with E-state index in [4.69, 9.17) is 9.73 Å². The predicted octanol–water partition coefficient (Wildman–Crippen LogP) is 4.33. The van der Waals surface area contributed by atoms with E-state index >= 15 is 0 Å². The molecule has 8 heteroatoms. The summed E-state index contributed by atoms with van der Waals surface area (Å²) in [5, 5.41) is 12.0. The van der Waals surface area contributed by atoms with Crippen molar-refractivity contribution in [1.29, 1.82) is 0 Å². The zero-order valence-corrected chi connectivity index (χ0v) is 22.2. The average molecular weight is 558 g/mol. The lowest BCUT2D eigenvalue weighted by atomic mass is 9.88. The van der Waals surface area contributed by atoms with Crippen LogP contribution in [-0.4, -0.2) is 42.8 Å². The van der Waals surface area contributed by atoms with Crippen molar-refractivity contribution in [3.63, 3.8) is 0 Å². The molecule has 1 saturated heterocycles. The van der Waals surface area contributed by atoms with Crippen molar-refractivity contribution < 1.29 is 4.74 Å². The van der Waals surface area contributed by atoms with Crippen molar-refractivity contribution in [2.75, 3.05) is 26.3 Å². The molecule has 1 unspecified atom stereocenters. The summed E-state index contributed by atoms with van der Waals surface area (Å²) in [4.78, 5) is 10.6. The summed E-state index contributed by atoms with van der Waals surface area (Å²) in [7, 11) is 0. The number of nitrogens with zero attached hydrogens (tertiary/aromatic N) is 2. The maximum Gasteiger partial charge on any atom is 0.191 e. The van der Waals surface area contributed by atoms with Crippen LogP contribution in [0.15, 0.2) is 35.3 Å². The molecule has 3 rings (SSSR count). The fraction of sp³-hybridized carbons (Fsp3) is 0.565. The number of aryl methyl sites for hydroxylation is 2. The fourth-order valence-electron chi connectivity index (χ4n) is 3.88. The summed E-state index contributed by atoms with van der Waals surface area (Å²) in [6, 6.07) is 10.9. The van der Waals surface area contributed by atoms with Crippen LogP contribution in [0, 0.1) is 13.8 Å². The number of halogens is 1. The number of aromatic nitrogens is 1. The largest absolute Gasteiger partial charge is 0.381 e. The minimum absolute atomic E-state index is 0. The Kier molecular flexibility index (Phi) is 10.7. The molecule has 0 aliphatic carbocycles. The van der Waals surface area contributed by atoms with Crippen LogP contribution in [-0.2, 0) is 11.3 Å². The van der Waals surface area contributed by atoms with Gasteiger partial charge in [0.1, 0.15) is 0 Å². The van der Waals surface area contributed by atoms with Gasteiger partial charge in [-0.2, -0.15) is 0 Å². The van der Waals surface area contributed by atoms with Gasteiger partial charge < -0.3 is 20.7 Å². The predicted molar refractivity (Wildman–Crippen MR) is 141 cm³/mol. The molecular weight excluding hydrogens is 521 g/mol. The van der Waals surface area contributed by atoms with Gasteiger partial charge in [0.15, 0.2) is 5.96 Å². The van der Waals surface area contributed by atoms with E-state index in [0.717, 1.165) is 55.8 Å². The van der Waals surface area contributed by atoms with Gasteiger partial charge in [0.05, 0.1) is 17.2 Å². The molecule has 3 N–H and O–H groups in total. The number of ether oxygens (including phenoxy) is 1. The van der Waals surface area contributed by atoms with Gasteiger partial charge in [0.2, 0.25) is 0 Å². The summed E-state index contributed by atoms with van der Waals surface area (Å²) in [5.74, 6) is 0.850. The van der Waals surface area contributed by atoms with Gasteiger partial charge in [0, 0.05) is 42.8 Å². The maximum absolute atomic E-state index is 5.67. The van der Waals surface area contributed by atoms with E-state index < -0.39 is 0 Å². The Morgan fingerprint density at radius 3 is 2.52 bits per heavy atom. The molecule has 172 valence electrons. The number of guanidine groups is 1. The second kappa shape index (κ2) is 12.7. The van der Waals surface area contributed by atoms with E-state index in [1.54, 1.807) is 11.3 Å². The molecule has 6 nitrogen and oxygen atoms in total. The molecule has 1 aliphatic heterocycles. The number of benzene rings is 1. The van der Waals surface area contributed by atoms with Gasteiger partial charge in [-0.05, 0) is 46.1 Å². The van der Waals surface area contributed by atoms with E-state index in [9.17, 15) is 0 Å². The first kappa shape index (κ1) is 26.0. The molecule has 1 aliphatic rings. The van der Waals surface area contributed by atoms with Crippen LogP contribution in [0.1, 0.15) is 53.9 Å². The van der Waals surface area contributed by atoms with Crippen LogP contribution in [0.3, 0.4) is 0 Å². The van der Waals surface area contributed by atoms with E-state index in [1.807, 2.05) is 6.92 Å². The van der Waals surface area contributed by atoms with E-state index in [1.165, 1.54) is 10.4 Å². The van der Waals surface area contributed by atoms with Gasteiger partial charge in [-0.3, -0.25) is 0 Å². The van der Waals surface area contributed by atoms with Gasteiger partial charge in [-0.25, -0.2) is 9.98 Å². The van der Waals surface area contributed by atoms with Gasteiger partial charge in [-0.15, -0.1) is 35.3 Å². The summed E-state index contributed by atoms with van der Waals surface area (Å²) in [6.45, 7) is 12.3. The Hall–Kier alpha value is -1.23. The van der Waals surface area contributed by atoms with Crippen LogP contribution in [0.2, 0.25) is 0 Å². The third-order valence-corrected chi connectivity index (χ3v) is 6.65. The molecule has 31 heavy (non-hydrogen) atoms. The second-order valence-electron chi connectivity index (χ2n) is 7.96. The zero-order chi connectivity index (χ0) is 21.4. The maximum atomic E-state index is 5.67. The molecule has 0 spiro atoms. The van der Waals surface area contributed by atoms with Crippen molar-refractivity contribution in [2.24, 2.45) is 4.99 Å². The molecule has 1 atom stereocenters. The highest BCUT2D eigenvalue weighted by atomic mass is 127. The van der Waals surface area contributed by atoms with Gasteiger partial charge >= 0.3 is 0 Å². The fourth-order valence-corrected chi connectivity index (χ4v) is 4.75. The van der Waals surface area contributed by atoms with Crippen LogP contribution in [0.25, 0.3) is 0 Å². The molecule has 2 aromatic rings. The summed E-state index contributed by atoms with van der Waals surface area (Å²) < 4.78 is 5.67. The van der Waals surface area contributed by atoms with E-state index in [2.05, 4.69) is 72.0 Å². The molecule has 0 amide bonds. The summed E-state index contributed by atoms with van der Waals surface area (Å²) in [5.41, 5.74) is 2.36. The van der Waals surface area contributed by atoms with E-state index in [-0.39, 0.29) is 35.6 Å². The Balaban J connectivity index is 0.00000341. The Morgan fingerprint density at radius 1 is 1.19 bits per heavy atom. The van der Waals surface area contributed by atoms with Crippen LogP contribution in [0.5, 0.6) is 0 Å². The first-order chi connectivity index (χ1) is 14.5. The smallest absolute Gasteiger partial charge is 0.191 e. The van der Waals surface area contributed by atoms with Crippen molar-refractivity contribution in [2.45, 2.75) is 58.7 Å². The van der Waals surface area contributed by atoms with Crippen LogP contribution >= 0.6 is 35.3 Å². The Labute approximate surface area is 207 Å². The first-order valence-electron chi connectivity index (χ1n) is 10.9. The van der Waals surface area contributed by atoms with Gasteiger partial charge in [0.25, 0.3) is 0 Å². The van der Waals surface area contributed by atoms with Crippen molar-refractivity contribution in [3.8, 4) is 0 Å². The Bertz CT molecular complexity index is 821. The molecule has 1 aromatic heterocycles. The summed E-state index contributed by atoms with van der Waals surface area (Å²) >= 11 is 1.72. The minimum Gasteiger partial charge on any atom is -0.381 e.